The molecule has 1 aromatic heterocycles. The second-order valence-corrected chi connectivity index (χ2v) is 4.11. The zero-order chi connectivity index (χ0) is 12.4. The minimum atomic E-state index is -0.108. The molecule has 2 N–H and O–H groups in total. The smallest absolute Gasteiger partial charge is 0.137 e. The zero-order valence-electron chi connectivity index (χ0n) is 9.62. The molecule has 17 heavy (non-hydrogen) atoms. The van der Waals surface area contributed by atoms with Crippen molar-refractivity contribution >= 4 is 11.6 Å². The number of hydrogen-bond donors (Lipinski definition) is 2. The molecule has 0 unspecified atom stereocenters. The lowest BCUT2D eigenvalue weighted by atomic mass is 10.1. The van der Waals surface area contributed by atoms with Crippen molar-refractivity contribution in [3.8, 4) is 17.0 Å². The Morgan fingerprint density at radius 1 is 1.47 bits per heavy atom. The van der Waals surface area contributed by atoms with E-state index in [1.54, 1.807) is 13.3 Å². The number of hydrogen-bond acceptors (Lipinski definition) is 3. The fraction of sp³-hybridized carbons (Fsp3) is 0.250. The van der Waals surface area contributed by atoms with Crippen LogP contribution in [0.5, 0.6) is 5.75 Å². The van der Waals surface area contributed by atoms with E-state index in [1.165, 1.54) is 0 Å². The number of rotatable bonds is 3. The summed E-state index contributed by atoms with van der Waals surface area (Å²) in [6.07, 6.45) is 1.68. The van der Waals surface area contributed by atoms with Crippen LogP contribution in [0.3, 0.4) is 0 Å². The number of nitrogens with one attached hydrogen (secondary N) is 1. The molecule has 1 aromatic carbocycles. The third-order valence-corrected chi connectivity index (χ3v) is 2.86. The second-order valence-electron chi connectivity index (χ2n) is 3.70. The Labute approximate surface area is 104 Å². The summed E-state index contributed by atoms with van der Waals surface area (Å²) in [6.45, 7) is 1.86. The number of aromatic amines is 1. The highest BCUT2D eigenvalue weighted by molar-refractivity contribution is 6.32. The minimum Gasteiger partial charge on any atom is -0.495 e. The number of halogens is 1. The van der Waals surface area contributed by atoms with Crippen LogP contribution in [0.25, 0.3) is 11.3 Å². The molecule has 0 spiro atoms. The summed E-state index contributed by atoms with van der Waals surface area (Å²) in [4.78, 5) is 7.07. The molecule has 0 aliphatic carbocycles. The maximum Gasteiger partial charge on any atom is 0.137 e. The van der Waals surface area contributed by atoms with Gasteiger partial charge >= 0.3 is 0 Å². The Morgan fingerprint density at radius 2 is 2.24 bits per heavy atom. The number of imidazole rings is 1. The van der Waals surface area contributed by atoms with Crippen LogP contribution in [0.15, 0.2) is 18.3 Å². The fourth-order valence-electron chi connectivity index (χ4n) is 1.68. The van der Waals surface area contributed by atoms with Crippen LogP contribution in [-0.4, -0.2) is 22.2 Å². The number of aliphatic hydroxyl groups excluding tert-OH is 1. The van der Waals surface area contributed by atoms with Crippen molar-refractivity contribution < 1.29 is 9.84 Å². The third kappa shape index (κ3) is 2.28. The predicted octanol–water partition coefficient (Wildman–Crippen LogP) is 2.54. The first kappa shape index (κ1) is 12.0. The van der Waals surface area contributed by atoms with Gasteiger partial charge in [-0.1, -0.05) is 11.6 Å². The maximum absolute atomic E-state index is 8.96. The highest BCUT2D eigenvalue weighted by atomic mass is 35.5. The Morgan fingerprint density at radius 3 is 2.82 bits per heavy atom. The van der Waals surface area contributed by atoms with E-state index < -0.39 is 0 Å². The van der Waals surface area contributed by atoms with Crippen LogP contribution in [0, 0.1) is 6.92 Å². The summed E-state index contributed by atoms with van der Waals surface area (Å²) in [7, 11) is 1.58. The monoisotopic (exact) mass is 252 g/mol. The number of ether oxygens (including phenoxy) is 1. The predicted molar refractivity (Wildman–Crippen MR) is 66.2 cm³/mol. The highest BCUT2D eigenvalue weighted by Gasteiger charge is 2.10. The Kier molecular flexibility index (Phi) is 3.36. The Hall–Kier alpha value is -1.52. The molecule has 4 nitrogen and oxygen atoms in total. The average Bonchev–Trinajstić information content (AvgIpc) is 2.80. The van der Waals surface area contributed by atoms with Gasteiger partial charge in [-0.25, -0.2) is 4.98 Å². The summed E-state index contributed by atoms with van der Waals surface area (Å²) in [5.41, 5.74) is 2.80. The van der Waals surface area contributed by atoms with Gasteiger partial charge in [0.15, 0.2) is 0 Å². The minimum absolute atomic E-state index is 0.108. The average molecular weight is 253 g/mol. The molecule has 0 bridgehead atoms. The molecule has 2 aromatic rings. The number of H-pyrrole nitrogens is 1. The van der Waals surface area contributed by atoms with E-state index >= 15 is 0 Å². The molecule has 5 heteroatoms. The molecule has 0 saturated carbocycles. The SMILES string of the molecule is COc1cc(C)c(-c2cnc(CO)[nH]2)cc1Cl. The first-order valence-corrected chi connectivity index (χ1v) is 5.52. The molecule has 0 saturated heterocycles. The van der Waals surface area contributed by atoms with Crippen LogP contribution < -0.4 is 4.74 Å². The molecular weight excluding hydrogens is 240 g/mol. The molecule has 0 aliphatic rings. The van der Waals surface area contributed by atoms with Gasteiger partial charge in [-0.05, 0) is 24.6 Å². The van der Waals surface area contributed by atoms with Crippen molar-refractivity contribution in [2.24, 2.45) is 0 Å². The number of aryl methyl sites for hydroxylation is 1. The molecule has 0 aliphatic heterocycles. The molecule has 90 valence electrons. The standard InChI is InChI=1S/C12H13ClN2O2/c1-7-3-11(17-2)9(13)4-8(7)10-5-14-12(6-16)15-10/h3-5,16H,6H2,1-2H3,(H,14,15). The van der Waals surface area contributed by atoms with E-state index in [0.29, 0.717) is 16.6 Å². The molecule has 1 heterocycles. The van der Waals surface area contributed by atoms with Gasteiger partial charge in [0.2, 0.25) is 0 Å². The molecule has 0 amide bonds. The summed E-state index contributed by atoms with van der Waals surface area (Å²) >= 11 is 6.08. The van der Waals surface area contributed by atoms with Crippen molar-refractivity contribution in [1.29, 1.82) is 0 Å². The molecule has 0 radical (unpaired) electrons. The topological polar surface area (TPSA) is 58.1 Å². The summed E-state index contributed by atoms with van der Waals surface area (Å²) < 4.78 is 5.15. The number of aromatic nitrogens is 2. The summed E-state index contributed by atoms with van der Waals surface area (Å²) in [6, 6.07) is 3.70. The van der Waals surface area contributed by atoms with Gasteiger partial charge in [-0.2, -0.15) is 0 Å². The first-order chi connectivity index (χ1) is 8.15. The van der Waals surface area contributed by atoms with E-state index in [9.17, 15) is 0 Å². The highest BCUT2D eigenvalue weighted by Crippen LogP contribution is 2.32. The third-order valence-electron chi connectivity index (χ3n) is 2.57. The van der Waals surface area contributed by atoms with Crippen LogP contribution in [-0.2, 0) is 6.61 Å². The number of aliphatic hydroxyl groups is 1. The zero-order valence-corrected chi connectivity index (χ0v) is 10.4. The summed E-state index contributed by atoms with van der Waals surface area (Å²) in [5.74, 6) is 1.18. The van der Waals surface area contributed by atoms with Crippen LogP contribution >= 0.6 is 11.6 Å². The van der Waals surface area contributed by atoms with Crippen LogP contribution in [0.2, 0.25) is 5.02 Å². The van der Waals surface area contributed by atoms with E-state index in [-0.39, 0.29) is 6.61 Å². The van der Waals surface area contributed by atoms with Crippen molar-refractivity contribution in [2.75, 3.05) is 7.11 Å². The van der Waals surface area contributed by atoms with Crippen molar-refractivity contribution in [1.82, 2.24) is 9.97 Å². The maximum atomic E-state index is 8.96. The van der Waals surface area contributed by atoms with Gasteiger partial charge < -0.3 is 14.8 Å². The van der Waals surface area contributed by atoms with Crippen LogP contribution in [0.1, 0.15) is 11.4 Å². The van der Waals surface area contributed by atoms with Gasteiger partial charge in [0.05, 0.1) is 24.0 Å². The first-order valence-electron chi connectivity index (χ1n) is 5.15. The van der Waals surface area contributed by atoms with Crippen molar-refractivity contribution in [3.63, 3.8) is 0 Å². The largest absolute Gasteiger partial charge is 0.495 e. The van der Waals surface area contributed by atoms with Gasteiger partial charge in [0.1, 0.15) is 18.2 Å². The van der Waals surface area contributed by atoms with Crippen molar-refractivity contribution in [3.05, 3.63) is 34.7 Å². The lowest BCUT2D eigenvalue weighted by molar-refractivity contribution is 0.272. The van der Waals surface area contributed by atoms with Gasteiger partial charge in [-0.15, -0.1) is 0 Å². The Balaban J connectivity index is 2.48. The van der Waals surface area contributed by atoms with Crippen LogP contribution in [0.4, 0.5) is 0 Å². The number of nitrogens with zero attached hydrogens (tertiary/aromatic N) is 1. The van der Waals surface area contributed by atoms with Gasteiger partial charge in [0, 0.05) is 5.56 Å². The van der Waals surface area contributed by atoms with Gasteiger partial charge in [0.25, 0.3) is 0 Å². The van der Waals surface area contributed by atoms with E-state index in [1.807, 2.05) is 19.1 Å². The summed E-state index contributed by atoms with van der Waals surface area (Å²) in [5, 5.41) is 9.51. The van der Waals surface area contributed by atoms with Gasteiger partial charge in [-0.3, -0.25) is 0 Å². The van der Waals surface area contributed by atoms with E-state index in [2.05, 4.69) is 9.97 Å². The molecular formula is C12H13ClN2O2. The fourth-order valence-corrected chi connectivity index (χ4v) is 1.92. The Bertz CT molecular complexity index is 537. The molecule has 2 rings (SSSR count). The second kappa shape index (κ2) is 4.77. The molecule has 0 atom stereocenters. The lowest BCUT2D eigenvalue weighted by Crippen LogP contribution is -1.90. The van der Waals surface area contributed by atoms with Crippen molar-refractivity contribution in [2.45, 2.75) is 13.5 Å². The van der Waals surface area contributed by atoms with E-state index in [4.69, 9.17) is 21.4 Å². The quantitative estimate of drug-likeness (QED) is 0.883. The van der Waals surface area contributed by atoms with E-state index in [0.717, 1.165) is 16.8 Å². The molecule has 0 fully saturated rings. The lowest BCUT2D eigenvalue weighted by Gasteiger charge is -2.08. The number of benzene rings is 1. The number of methoxy groups -OCH3 is 1. The normalized spacial score (nSPS) is 10.6.